The summed E-state index contributed by atoms with van der Waals surface area (Å²) in [6, 6.07) is 1.40. The summed E-state index contributed by atoms with van der Waals surface area (Å²) in [5, 5.41) is 14.7. The van der Waals surface area contributed by atoms with E-state index in [4.69, 9.17) is 16.7 Å². The molecule has 0 fully saturated rings. The lowest BCUT2D eigenvalue weighted by Crippen LogP contribution is -2.14. The molecule has 14 heavy (non-hydrogen) atoms. The van der Waals surface area contributed by atoms with Crippen molar-refractivity contribution in [2.45, 2.75) is 10.3 Å². The Morgan fingerprint density at radius 2 is 2.29 bits per heavy atom. The summed E-state index contributed by atoms with van der Waals surface area (Å²) in [6.45, 7) is 0. The molecular formula is C6H7BrClNO3S2. The molecule has 0 aliphatic rings. The van der Waals surface area contributed by atoms with Crippen molar-refractivity contribution in [1.82, 2.24) is 0 Å². The van der Waals surface area contributed by atoms with E-state index in [0.29, 0.717) is 0 Å². The van der Waals surface area contributed by atoms with E-state index in [1.807, 2.05) is 0 Å². The average Bonchev–Trinajstić information content (AvgIpc) is 2.45. The summed E-state index contributed by atoms with van der Waals surface area (Å²) < 4.78 is 22.4. The molecule has 0 aliphatic heterocycles. The molecule has 1 aromatic heterocycles. The molecule has 1 rings (SSSR count). The van der Waals surface area contributed by atoms with Gasteiger partial charge in [-0.3, -0.25) is 0 Å². The average molecular weight is 321 g/mol. The van der Waals surface area contributed by atoms with Crippen molar-refractivity contribution in [3.05, 3.63) is 16.0 Å². The van der Waals surface area contributed by atoms with Crippen LogP contribution in [-0.2, 0) is 10.0 Å². The summed E-state index contributed by atoms with van der Waals surface area (Å²) >= 11 is 9.52. The van der Waals surface area contributed by atoms with E-state index < -0.39 is 16.1 Å². The molecule has 3 N–H and O–H groups in total. The van der Waals surface area contributed by atoms with Crippen LogP contribution >= 0.6 is 38.9 Å². The third-order valence-corrected chi connectivity index (χ3v) is 4.85. The van der Waals surface area contributed by atoms with E-state index in [1.165, 1.54) is 6.07 Å². The highest BCUT2D eigenvalue weighted by Crippen LogP contribution is 2.34. The van der Waals surface area contributed by atoms with Gasteiger partial charge in [0.1, 0.15) is 4.21 Å². The Kier molecular flexibility index (Phi) is 3.95. The van der Waals surface area contributed by atoms with Gasteiger partial charge in [0.05, 0.1) is 10.4 Å². The minimum atomic E-state index is -3.81. The molecular weight excluding hydrogens is 314 g/mol. The number of alkyl halides is 1. The normalized spacial score (nSPS) is 14.3. The van der Waals surface area contributed by atoms with Gasteiger partial charge in [0, 0.05) is 10.9 Å². The largest absolute Gasteiger partial charge is 0.387 e. The van der Waals surface area contributed by atoms with E-state index in [0.717, 1.165) is 11.3 Å². The fourth-order valence-electron chi connectivity index (χ4n) is 0.896. The van der Waals surface area contributed by atoms with E-state index in [-0.39, 0.29) is 19.4 Å². The van der Waals surface area contributed by atoms with Gasteiger partial charge in [-0.2, -0.15) is 0 Å². The number of rotatable bonds is 3. The Bertz CT molecular complexity index is 430. The number of aliphatic hydroxyl groups is 1. The first-order chi connectivity index (χ1) is 6.36. The van der Waals surface area contributed by atoms with Crippen molar-refractivity contribution >= 4 is 48.9 Å². The van der Waals surface area contributed by atoms with Crippen LogP contribution in [0.4, 0.5) is 0 Å². The third-order valence-electron chi connectivity index (χ3n) is 1.46. The second kappa shape index (κ2) is 4.46. The zero-order valence-electron chi connectivity index (χ0n) is 6.78. The third kappa shape index (κ3) is 2.68. The summed E-state index contributed by atoms with van der Waals surface area (Å²) in [5.74, 6) is 0. The number of halogens is 2. The Labute approximate surface area is 98.9 Å². The van der Waals surface area contributed by atoms with Crippen LogP contribution in [0.1, 0.15) is 11.7 Å². The molecule has 0 saturated carbocycles. The molecule has 1 unspecified atom stereocenters. The Balaban J connectivity index is 3.30. The lowest BCUT2D eigenvalue weighted by molar-refractivity contribution is 0.203. The first kappa shape index (κ1) is 12.4. The zero-order valence-corrected chi connectivity index (χ0v) is 10.8. The van der Waals surface area contributed by atoms with E-state index in [2.05, 4.69) is 15.9 Å². The summed E-state index contributed by atoms with van der Waals surface area (Å²) in [5.41, 5.74) is 0.236. The molecule has 1 atom stereocenters. The van der Waals surface area contributed by atoms with Crippen molar-refractivity contribution in [2.24, 2.45) is 5.14 Å². The van der Waals surface area contributed by atoms with E-state index in [9.17, 15) is 13.5 Å². The van der Waals surface area contributed by atoms with Gasteiger partial charge in [0.15, 0.2) is 0 Å². The van der Waals surface area contributed by atoms with Gasteiger partial charge in [-0.05, 0) is 6.07 Å². The predicted molar refractivity (Wildman–Crippen MR) is 59.5 cm³/mol. The Morgan fingerprint density at radius 1 is 1.71 bits per heavy atom. The van der Waals surface area contributed by atoms with Gasteiger partial charge >= 0.3 is 0 Å². The monoisotopic (exact) mass is 319 g/mol. The highest BCUT2D eigenvalue weighted by Gasteiger charge is 2.22. The number of thiophene rings is 1. The van der Waals surface area contributed by atoms with Crippen LogP contribution in [0.15, 0.2) is 10.3 Å². The highest BCUT2D eigenvalue weighted by atomic mass is 79.9. The first-order valence-electron chi connectivity index (χ1n) is 3.42. The molecule has 0 radical (unpaired) electrons. The Morgan fingerprint density at radius 3 is 2.71 bits per heavy atom. The second-order valence-electron chi connectivity index (χ2n) is 2.51. The molecule has 0 spiro atoms. The molecule has 0 saturated heterocycles. The SMILES string of the molecule is NS(=O)(=O)c1sc(Cl)cc1C(O)CBr. The van der Waals surface area contributed by atoms with Gasteiger partial charge < -0.3 is 5.11 Å². The molecule has 0 bridgehead atoms. The second-order valence-corrected chi connectivity index (χ2v) is 6.60. The number of hydrogen-bond acceptors (Lipinski definition) is 4. The highest BCUT2D eigenvalue weighted by molar-refractivity contribution is 9.09. The Hall–Kier alpha value is 0.340. The van der Waals surface area contributed by atoms with E-state index >= 15 is 0 Å². The molecule has 1 heterocycles. The summed E-state index contributed by atoms with van der Waals surface area (Å²) in [7, 11) is -3.81. The summed E-state index contributed by atoms with van der Waals surface area (Å²) in [4.78, 5) is 0. The topological polar surface area (TPSA) is 80.4 Å². The minimum absolute atomic E-state index is 0.0885. The number of primary sulfonamides is 1. The molecule has 8 heteroatoms. The first-order valence-corrected chi connectivity index (χ1v) is 7.28. The quantitative estimate of drug-likeness (QED) is 0.828. The van der Waals surface area contributed by atoms with Gasteiger partial charge in [-0.1, -0.05) is 27.5 Å². The molecule has 0 amide bonds. The molecule has 80 valence electrons. The standard InChI is InChI=1S/C6H7BrClNO3S2/c7-2-4(10)3-1-5(8)13-6(3)14(9,11)12/h1,4,10H,2H2,(H2,9,11,12). The fourth-order valence-corrected chi connectivity index (χ4v) is 3.66. The van der Waals surface area contributed by atoms with Crippen molar-refractivity contribution in [3.8, 4) is 0 Å². The van der Waals surface area contributed by atoms with Crippen LogP contribution in [0.2, 0.25) is 4.34 Å². The maximum atomic E-state index is 11.1. The minimum Gasteiger partial charge on any atom is -0.387 e. The van der Waals surface area contributed by atoms with Crippen LogP contribution in [0, 0.1) is 0 Å². The van der Waals surface area contributed by atoms with Gasteiger partial charge in [-0.25, -0.2) is 13.6 Å². The summed E-state index contributed by atoms with van der Waals surface area (Å²) in [6.07, 6.45) is -0.924. The van der Waals surface area contributed by atoms with Crippen molar-refractivity contribution in [3.63, 3.8) is 0 Å². The van der Waals surface area contributed by atoms with Crippen molar-refractivity contribution in [1.29, 1.82) is 0 Å². The van der Waals surface area contributed by atoms with E-state index in [1.54, 1.807) is 0 Å². The molecule has 4 nitrogen and oxygen atoms in total. The predicted octanol–water partition coefficient (Wildman–Crippen LogP) is 1.48. The lowest BCUT2D eigenvalue weighted by Gasteiger charge is -2.05. The lowest BCUT2D eigenvalue weighted by atomic mass is 10.2. The maximum absolute atomic E-state index is 11.1. The van der Waals surface area contributed by atoms with Gasteiger partial charge in [0.25, 0.3) is 0 Å². The van der Waals surface area contributed by atoms with Crippen molar-refractivity contribution < 1.29 is 13.5 Å². The van der Waals surface area contributed by atoms with Crippen LogP contribution in [0.5, 0.6) is 0 Å². The van der Waals surface area contributed by atoms with Crippen LogP contribution < -0.4 is 5.14 Å². The van der Waals surface area contributed by atoms with Gasteiger partial charge in [-0.15, -0.1) is 11.3 Å². The number of aliphatic hydroxyl groups excluding tert-OH is 1. The van der Waals surface area contributed by atoms with Crippen LogP contribution in [0.25, 0.3) is 0 Å². The number of hydrogen-bond donors (Lipinski definition) is 2. The number of sulfonamides is 1. The van der Waals surface area contributed by atoms with Crippen LogP contribution in [0.3, 0.4) is 0 Å². The number of nitrogens with two attached hydrogens (primary N) is 1. The van der Waals surface area contributed by atoms with Crippen LogP contribution in [-0.4, -0.2) is 18.9 Å². The zero-order chi connectivity index (χ0) is 10.9. The maximum Gasteiger partial charge on any atom is 0.247 e. The molecule has 0 aliphatic carbocycles. The smallest absolute Gasteiger partial charge is 0.247 e. The molecule has 1 aromatic rings. The fraction of sp³-hybridized carbons (Fsp3) is 0.333. The van der Waals surface area contributed by atoms with Crippen molar-refractivity contribution in [2.75, 3.05) is 5.33 Å². The molecule has 0 aromatic carbocycles. The van der Waals surface area contributed by atoms with Gasteiger partial charge in [0.2, 0.25) is 10.0 Å².